The first-order valence-electron chi connectivity index (χ1n) is 6.92. The maximum atomic E-state index is 4.49. The van der Waals surface area contributed by atoms with Gasteiger partial charge in [0.05, 0.1) is 11.3 Å². The minimum absolute atomic E-state index is 0.931. The molecule has 0 radical (unpaired) electrons. The molecule has 0 saturated heterocycles. The molecular formula is C20H15N. The van der Waals surface area contributed by atoms with Crippen LogP contribution in [0.2, 0.25) is 0 Å². The van der Waals surface area contributed by atoms with Gasteiger partial charge in [0.15, 0.2) is 0 Å². The molecule has 0 fully saturated rings. The lowest BCUT2D eigenvalue weighted by Crippen LogP contribution is -1.88. The molecule has 0 saturated carbocycles. The molecule has 0 aliphatic rings. The molecule has 0 N–H and O–H groups in total. The minimum Gasteiger partial charge on any atom is -0.255 e. The predicted molar refractivity (Wildman–Crippen MR) is 86.8 cm³/mol. The van der Waals surface area contributed by atoms with Crippen LogP contribution in [0.4, 0.5) is 0 Å². The zero-order chi connectivity index (χ0) is 14.5. The fourth-order valence-corrected chi connectivity index (χ4v) is 2.11. The molecule has 0 aliphatic carbocycles. The summed E-state index contributed by atoms with van der Waals surface area (Å²) in [5.74, 6) is 6.42. The van der Waals surface area contributed by atoms with E-state index in [2.05, 4.69) is 48.0 Å². The second-order valence-electron chi connectivity index (χ2n) is 4.88. The summed E-state index contributed by atoms with van der Waals surface area (Å²) in [7, 11) is 0. The number of nitrogens with zero attached hydrogens (tertiary/aromatic N) is 1. The van der Waals surface area contributed by atoms with Crippen molar-refractivity contribution in [1.82, 2.24) is 4.98 Å². The summed E-state index contributed by atoms with van der Waals surface area (Å²) in [5.41, 5.74) is 5.23. The Kier molecular flexibility index (Phi) is 3.80. The van der Waals surface area contributed by atoms with Crippen molar-refractivity contribution in [3.05, 3.63) is 89.6 Å². The van der Waals surface area contributed by atoms with Gasteiger partial charge in [0.2, 0.25) is 0 Å². The predicted octanol–water partition coefficient (Wildman–Crippen LogP) is 4.46. The van der Waals surface area contributed by atoms with Crippen molar-refractivity contribution in [3.8, 4) is 23.1 Å². The van der Waals surface area contributed by atoms with E-state index in [1.165, 1.54) is 5.56 Å². The van der Waals surface area contributed by atoms with Crippen molar-refractivity contribution in [2.75, 3.05) is 0 Å². The number of pyridine rings is 1. The van der Waals surface area contributed by atoms with Crippen LogP contribution in [0.3, 0.4) is 0 Å². The Morgan fingerprint density at radius 3 is 2.29 bits per heavy atom. The van der Waals surface area contributed by atoms with Gasteiger partial charge in [-0.3, -0.25) is 4.98 Å². The van der Waals surface area contributed by atoms with Crippen LogP contribution in [0, 0.1) is 18.8 Å². The fourth-order valence-electron chi connectivity index (χ4n) is 2.11. The van der Waals surface area contributed by atoms with E-state index in [0.29, 0.717) is 0 Å². The SMILES string of the molecule is Cc1ccc(-c2ncccc2C#Cc2ccccc2)cc1. The lowest BCUT2D eigenvalue weighted by molar-refractivity contribution is 1.31. The van der Waals surface area contributed by atoms with E-state index in [1.807, 2.05) is 48.7 Å². The molecule has 0 atom stereocenters. The number of aromatic nitrogens is 1. The molecule has 1 nitrogen and oxygen atoms in total. The van der Waals surface area contributed by atoms with Gasteiger partial charge in [0.25, 0.3) is 0 Å². The summed E-state index contributed by atoms with van der Waals surface area (Å²) in [4.78, 5) is 4.49. The molecule has 1 heterocycles. The Hall–Kier alpha value is -2.85. The van der Waals surface area contributed by atoms with Gasteiger partial charge in [-0.2, -0.15) is 0 Å². The first kappa shape index (κ1) is 13.1. The van der Waals surface area contributed by atoms with Crippen molar-refractivity contribution in [2.45, 2.75) is 6.92 Å². The second-order valence-corrected chi connectivity index (χ2v) is 4.88. The molecule has 100 valence electrons. The van der Waals surface area contributed by atoms with E-state index >= 15 is 0 Å². The maximum absolute atomic E-state index is 4.49. The molecule has 3 aromatic rings. The van der Waals surface area contributed by atoms with Crippen molar-refractivity contribution in [1.29, 1.82) is 0 Å². The summed E-state index contributed by atoms with van der Waals surface area (Å²) in [6.45, 7) is 2.08. The molecule has 21 heavy (non-hydrogen) atoms. The molecule has 0 aliphatic heterocycles. The Labute approximate surface area is 125 Å². The molecule has 0 spiro atoms. The first-order valence-corrected chi connectivity index (χ1v) is 6.92. The lowest BCUT2D eigenvalue weighted by Gasteiger charge is -2.04. The highest BCUT2D eigenvalue weighted by molar-refractivity contribution is 5.67. The third-order valence-corrected chi connectivity index (χ3v) is 3.25. The van der Waals surface area contributed by atoms with Gasteiger partial charge in [0, 0.05) is 17.3 Å². The highest BCUT2D eigenvalue weighted by Crippen LogP contribution is 2.20. The average Bonchev–Trinajstić information content (AvgIpc) is 2.55. The van der Waals surface area contributed by atoms with Gasteiger partial charge in [-0.1, -0.05) is 59.9 Å². The van der Waals surface area contributed by atoms with Crippen LogP contribution >= 0.6 is 0 Å². The van der Waals surface area contributed by atoms with Gasteiger partial charge in [-0.05, 0) is 31.2 Å². The number of aryl methyl sites for hydroxylation is 1. The van der Waals surface area contributed by atoms with Crippen LogP contribution in [0.5, 0.6) is 0 Å². The van der Waals surface area contributed by atoms with E-state index in [9.17, 15) is 0 Å². The average molecular weight is 269 g/mol. The maximum Gasteiger partial charge on any atom is 0.0858 e. The number of hydrogen-bond donors (Lipinski definition) is 0. The quantitative estimate of drug-likeness (QED) is 0.594. The van der Waals surface area contributed by atoms with Gasteiger partial charge in [-0.15, -0.1) is 0 Å². The molecule has 0 bridgehead atoms. The van der Waals surface area contributed by atoms with Crippen molar-refractivity contribution < 1.29 is 0 Å². The number of hydrogen-bond acceptors (Lipinski definition) is 1. The standard InChI is InChI=1S/C20H15N/c1-16-9-12-19(13-10-16)20-18(8-5-15-21-20)14-11-17-6-3-2-4-7-17/h2-10,12-13,15H,1H3. The van der Waals surface area contributed by atoms with Gasteiger partial charge in [-0.25, -0.2) is 0 Å². The third kappa shape index (κ3) is 3.19. The fraction of sp³-hybridized carbons (Fsp3) is 0.0500. The van der Waals surface area contributed by atoms with E-state index < -0.39 is 0 Å². The largest absolute Gasteiger partial charge is 0.255 e. The summed E-state index contributed by atoms with van der Waals surface area (Å²) >= 11 is 0. The Morgan fingerprint density at radius 1 is 0.762 bits per heavy atom. The Morgan fingerprint density at radius 2 is 1.52 bits per heavy atom. The highest BCUT2D eigenvalue weighted by atomic mass is 14.7. The monoisotopic (exact) mass is 269 g/mol. The molecule has 0 amide bonds. The Bertz CT molecular complexity index is 790. The topological polar surface area (TPSA) is 12.9 Å². The van der Waals surface area contributed by atoms with Crippen molar-refractivity contribution in [2.24, 2.45) is 0 Å². The molecule has 1 heteroatoms. The van der Waals surface area contributed by atoms with Crippen molar-refractivity contribution in [3.63, 3.8) is 0 Å². The van der Waals surface area contributed by atoms with Gasteiger partial charge in [0.1, 0.15) is 0 Å². The molecular weight excluding hydrogens is 254 g/mol. The summed E-state index contributed by atoms with van der Waals surface area (Å²) in [6.07, 6.45) is 1.81. The zero-order valence-corrected chi connectivity index (χ0v) is 11.9. The number of rotatable bonds is 1. The Balaban J connectivity index is 2.01. The molecule has 3 rings (SSSR count). The zero-order valence-electron chi connectivity index (χ0n) is 11.9. The lowest BCUT2D eigenvalue weighted by atomic mass is 10.0. The van der Waals surface area contributed by atoms with E-state index in [4.69, 9.17) is 0 Å². The number of benzene rings is 2. The van der Waals surface area contributed by atoms with Crippen LogP contribution in [0.1, 0.15) is 16.7 Å². The summed E-state index contributed by atoms with van der Waals surface area (Å²) in [6, 6.07) is 22.3. The van der Waals surface area contributed by atoms with Crippen LogP contribution in [0.25, 0.3) is 11.3 Å². The van der Waals surface area contributed by atoms with E-state index in [1.54, 1.807) is 0 Å². The third-order valence-electron chi connectivity index (χ3n) is 3.25. The van der Waals surface area contributed by atoms with Gasteiger partial charge >= 0.3 is 0 Å². The first-order chi connectivity index (χ1) is 10.3. The normalized spacial score (nSPS) is 9.76. The van der Waals surface area contributed by atoms with Gasteiger partial charge < -0.3 is 0 Å². The smallest absolute Gasteiger partial charge is 0.0858 e. The van der Waals surface area contributed by atoms with Crippen LogP contribution in [-0.4, -0.2) is 4.98 Å². The van der Waals surface area contributed by atoms with Crippen LogP contribution in [0.15, 0.2) is 72.9 Å². The van der Waals surface area contributed by atoms with Crippen molar-refractivity contribution >= 4 is 0 Å². The minimum atomic E-state index is 0.931. The molecule has 2 aromatic carbocycles. The molecule has 1 aromatic heterocycles. The van der Waals surface area contributed by atoms with Crippen LogP contribution < -0.4 is 0 Å². The van der Waals surface area contributed by atoms with E-state index in [0.717, 1.165) is 22.4 Å². The highest BCUT2D eigenvalue weighted by Gasteiger charge is 2.03. The summed E-state index contributed by atoms with van der Waals surface area (Å²) < 4.78 is 0. The molecule has 0 unspecified atom stereocenters. The summed E-state index contributed by atoms with van der Waals surface area (Å²) in [5, 5.41) is 0. The second kappa shape index (κ2) is 6.07. The van der Waals surface area contributed by atoms with Crippen LogP contribution in [-0.2, 0) is 0 Å². The van der Waals surface area contributed by atoms with E-state index in [-0.39, 0.29) is 0 Å².